The summed E-state index contributed by atoms with van der Waals surface area (Å²) < 4.78 is 10.9. The maximum atomic E-state index is 12.2. The fourth-order valence-corrected chi connectivity index (χ4v) is 5.91. The highest BCUT2D eigenvalue weighted by atomic mass is 32.1. The quantitative estimate of drug-likeness (QED) is 0.0432. The number of hydrogen-bond acceptors (Lipinski definition) is 5. The Kier molecular flexibility index (Phi) is 35.2. The zero-order valence-corrected chi connectivity index (χ0v) is 29.9. The maximum absolute atomic E-state index is 12.2. The predicted octanol–water partition coefficient (Wildman–Crippen LogP) is 12.5. The Balaban J connectivity index is 3.50. The molecule has 0 fully saturated rings. The molecule has 5 heteroatoms. The van der Waals surface area contributed by atoms with Crippen LogP contribution in [0.3, 0.4) is 0 Å². The number of hydrogen-bond donors (Lipinski definition) is 1. The van der Waals surface area contributed by atoms with Gasteiger partial charge in [-0.25, -0.2) is 0 Å². The van der Waals surface area contributed by atoms with Crippen molar-refractivity contribution >= 4 is 24.6 Å². The molecule has 0 bridgehead atoms. The van der Waals surface area contributed by atoms with Crippen LogP contribution in [0.2, 0.25) is 0 Å². The molecule has 0 amide bonds. The second-order valence-electron chi connectivity index (χ2n) is 13.0. The van der Waals surface area contributed by atoms with Crippen molar-refractivity contribution in [2.45, 2.75) is 219 Å². The molecule has 0 heterocycles. The van der Waals surface area contributed by atoms with Gasteiger partial charge in [0.25, 0.3) is 0 Å². The van der Waals surface area contributed by atoms with Crippen molar-refractivity contribution in [1.82, 2.24) is 0 Å². The van der Waals surface area contributed by atoms with E-state index in [2.05, 4.69) is 26.5 Å². The van der Waals surface area contributed by atoms with Gasteiger partial charge in [0.15, 0.2) is 0 Å². The highest BCUT2D eigenvalue weighted by molar-refractivity contribution is 7.80. The number of ether oxygens (including phenoxy) is 2. The summed E-state index contributed by atoms with van der Waals surface area (Å²) in [5.41, 5.74) is 0. The summed E-state index contributed by atoms with van der Waals surface area (Å²) >= 11 is 4.29. The maximum Gasteiger partial charge on any atom is 0.306 e. The summed E-state index contributed by atoms with van der Waals surface area (Å²) in [4.78, 5) is 24.3. The van der Waals surface area contributed by atoms with Gasteiger partial charge < -0.3 is 9.47 Å². The molecule has 0 saturated heterocycles. The first kappa shape index (κ1) is 42.3. The normalized spacial score (nSPS) is 12.0. The lowest BCUT2D eigenvalue weighted by Crippen LogP contribution is -2.26. The molecular formula is C38H74O4S. The van der Waals surface area contributed by atoms with Gasteiger partial charge in [0.1, 0.15) is 12.7 Å². The van der Waals surface area contributed by atoms with E-state index >= 15 is 0 Å². The number of carbonyl (C=O) groups excluding carboxylic acids is 2. The molecule has 0 aliphatic carbocycles. The lowest BCUT2D eigenvalue weighted by molar-refractivity contribution is -0.157. The van der Waals surface area contributed by atoms with Gasteiger partial charge in [0, 0.05) is 18.6 Å². The van der Waals surface area contributed by atoms with Gasteiger partial charge in [0.2, 0.25) is 0 Å². The van der Waals surface area contributed by atoms with Crippen LogP contribution in [-0.2, 0) is 19.1 Å². The minimum absolute atomic E-state index is 0.117. The van der Waals surface area contributed by atoms with Crippen LogP contribution in [0.15, 0.2) is 0 Å². The largest absolute Gasteiger partial charge is 0.462 e. The van der Waals surface area contributed by atoms with Crippen molar-refractivity contribution in [3.8, 4) is 0 Å². The predicted molar refractivity (Wildman–Crippen MR) is 189 cm³/mol. The number of thiol groups is 1. The van der Waals surface area contributed by atoms with Crippen molar-refractivity contribution in [3.05, 3.63) is 0 Å². The average Bonchev–Trinajstić information content (AvgIpc) is 3.01. The van der Waals surface area contributed by atoms with E-state index in [1.54, 1.807) is 0 Å². The summed E-state index contributed by atoms with van der Waals surface area (Å²) in [7, 11) is 0. The molecular weight excluding hydrogens is 552 g/mol. The van der Waals surface area contributed by atoms with Gasteiger partial charge in [0.05, 0.1) is 0 Å². The Morgan fingerprint density at radius 1 is 0.442 bits per heavy atom. The lowest BCUT2D eigenvalue weighted by atomic mass is 10.0. The minimum Gasteiger partial charge on any atom is -0.462 e. The van der Waals surface area contributed by atoms with Gasteiger partial charge in [-0.3, -0.25) is 9.59 Å². The van der Waals surface area contributed by atoms with E-state index in [0.29, 0.717) is 18.6 Å². The van der Waals surface area contributed by atoms with Crippen LogP contribution in [0.5, 0.6) is 0 Å². The molecule has 4 nitrogen and oxygen atoms in total. The Labute approximate surface area is 274 Å². The van der Waals surface area contributed by atoms with E-state index in [1.807, 2.05) is 0 Å². The first-order chi connectivity index (χ1) is 21.1. The summed E-state index contributed by atoms with van der Waals surface area (Å²) in [5.74, 6) is -0.0166. The highest BCUT2D eigenvalue weighted by Gasteiger charge is 2.15. The fraction of sp³-hybridized carbons (Fsp3) is 0.947. The van der Waals surface area contributed by atoms with Crippen molar-refractivity contribution < 1.29 is 19.1 Å². The lowest BCUT2D eigenvalue weighted by Gasteiger charge is -2.16. The van der Waals surface area contributed by atoms with E-state index in [9.17, 15) is 9.59 Å². The molecule has 0 aromatic rings. The second kappa shape index (κ2) is 35.8. The summed E-state index contributed by atoms with van der Waals surface area (Å²) in [6.45, 7) is 4.66. The van der Waals surface area contributed by atoms with Crippen LogP contribution >= 0.6 is 12.6 Å². The van der Waals surface area contributed by atoms with Crippen molar-refractivity contribution in [3.63, 3.8) is 0 Å². The molecule has 0 aliphatic heterocycles. The fourth-order valence-electron chi connectivity index (χ4n) is 5.73. The van der Waals surface area contributed by atoms with Gasteiger partial charge in [-0.15, -0.1) is 0 Å². The number of carbonyl (C=O) groups is 2. The molecule has 0 radical (unpaired) electrons. The number of esters is 2. The van der Waals surface area contributed by atoms with Crippen molar-refractivity contribution in [2.75, 3.05) is 12.4 Å². The Hall–Kier alpha value is -0.710. The summed E-state index contributed by atoms with van der Waals surface area (Å²) in [6, 6.07) is 0. The third-order valence-corrected chi connectivity index (χ3v) is 9.06. The van der Waals surface area contributed by atoms with Crippen LogP contribution < -0.4 is 0 Å². The zero-order chi connectivity index (χ0) is 31.5. The first-order valence-electron chi connectivity index (χ1n) is 19.1. The topological polar surface area (TPSA) is 52.6 Å². The molecule has 0 saturated carbocycles. The number of rotatable bonds is 35. The van der Waals surface area contributed by atoms with Gasteiger partial charge in [-0.2, -0.15) is 12.6 Å². The van der Waals surface area contributed by atoms with Crippen LogP contribution in [0, 0.1) is 0 Å². The molecule has 256 valence electrons. The molecule has 0 aliphatic rings. The molecule has 1 atom stereocenters. The highest BCUT2D eigenvalue weighted by Crippen LogP contribution is 2.15. The van der Waals surface area contributed by atoms with E-state index in [0.717, 1.165) is 25.7 Å². The van der Waals surface area contributed by atoms with Crippen LogP contribution in [0.1, 0.15) is 213 Å². The van der Waals surface area contributed by atoms with Crippen LogP contribution in [0.25, 0.3) is 0 Å². The van der Waals surface area contributed by atoms with E-state index < -0.39 is 6.10 Å². The Bertz CT molecular complexity index is 582. The standard InChI is InChI=1S/C38H74O4S/c1-3-5-7-9-11-13-15-17-18-19-21-22-24-26-28-30-32-37(39)41-34-36(35-43)42-38(40)33-31-29-27-25-23-20-16-14-12-10-8-6-4-2/h36,43H,3-35H2,1-2H3/t36-/m0/s1. The molecule has 0 rings (SSSR count). The third kappa shape index (κ3) is 34.0. The van der Waals surface area contributed by atoms with Crippen molar-refractivity contribution in [1.29, 1.82) is 0 Å². The van der Waals surface area contributed by atoms with Crippen LogP contribution in [-0.4, -0.2) is 30.4 Å². The van der Waals surface area contributed by atoms with E-state index in [1.165, 1.54) is 161 Å². The molecule has 0 unspecified atom stereocenters. The molecule has 0 aromatic heterocycles. The van der Waals surface area contributed by atoms with E-state index in [4.69, 9.17) is 9.47 Å². The summed E-state index contributed by atoms with van der Waals surface area (Å²) in [5, 5.41) is 0. The zero-order valence-electron chi connectivity index (χ0n) is 29.0. The number of unbranched alkanes of at least 4 members (excludes halogenated alkanes) is 27. The SMILES string of the molecule is CCCCCCCCCCCCCCCCCCC(=O)OC[C@@H](CS)OC(=O)CCCCCCCCCCCCCCC. The minimum atomic E-state index is -0.451. The Morgan fingerprint density at radius 3 is 1.02 bits per heavy atom. The van der Waals surface area contributed by atoms with Gasteiger partial charge in [-0.05, 0) is 12.8 Å². The molecule has 0 N–H and O–H groups in total. The first-order valence-corrected chi connectivity index (χ1v) is 19.7. The van der Waals surface area contributed by atoms with E-state index in [-0.39, 0.29) is 18.5 Å². The Morgan fingerprint density at radius 2 is 0.721 bits per heavy atom. The van der Waals surface area contributed by atoms with Gasteiger partial charge in [-0.1, -0.05) is 187 Å². The van der Waals surface area contributed by atoms with Crippen LogP contribution in [0.4, 0.5) is 0 Å². The van der Waals surface area contributed by atoms with Gasteiger partial charge >= 0.3 is 11.9 Å². The molecule has 43 heavy (non-hydrogen) atoms. The third-order valence-electron chi connectivity index (χ3n) is 8.65. The average molecular weight is 627 g/mol. The second-order valence-corrected chi connectivity index (χ2v) is 13.4. The smallest absolute Gasteiger partial charge is 0.306 e. The molecule has 0 spiro atoms. The summed E-state index contributed by atoms with van der Waals surface area (Å²) in [6.07, 6.45) is 38.3. The monoisotopic (exact) mass is 627 g/mol. The van der Waals surface area contributed by atoms with Crippen molar-refractivity contribution in [2.24, 2.45) is 0 Å². The molecule has 0 aromatic carbocycles.